The Morgan fingerprint density at radius 3 is 2.85 bits per heavy atom. The average Bonchev–Trinajstić information content (AvgIpc) is 2.76. The highest BCUT2D eigenvalue weighted by molar-refractivity contribution is 9.10. The van der Waals surface area contributed by atoms with Crippen LogP contribution in [0, 0.1) is 0 Å². The van der Waals surface area contributed by atoms with Crippen molar-refractivity contribution in [1.29, 1.82) is 0 Å². The molecule has 0 aliphatic heterocycles. The zero-order chi connectivity index (χ0) is 9.42. The first kappa shape index (κ1) is 9.15. The molecule has 1 aromatic heterocycles. The second-order valence-corrected chi connectivity index (χ2v) is 4.72. The highest BCUT2D eigenvalue weighted by atomic mass is 79.9. The lowest BCUT2D eigenvalue weighted by Gasteiger charge is -2.16. The highest BCUT2D eigenvalue weighted by Gasteiger charge is 2.33. The molecule has 1 amide bonds. The fourth-order valence-electron chi connectivity index (χ4n) is 1.24. The summed E-state index contributed by atoms with van der Waals surface area (Å²) in [4.78, 5) is 17.3. The molecule has 70 valence electrons. The average molecular weight is 261 g/mol. The second-order valence-electron chi connectivity index (χ2n) is 3.07. The Hall–Kier alpha value is -0.420. The smallest absolute Gasteiger partial charge is 0.225 e. The molecule has 1 aliphatic carbocycles. The van der Waals surface area contributed by atoms with Crippen LogP contribution in [0.3, 0.4) is 0 Å². The number of amides is 1. The summed E-state index contributed by atoms with van der Waals surface area (Å²) in [6.07, 6.45) is 2.22. The number of thiazole rings is 1. The summed E-state index contributed by atoms with van der Waals surface area (Å²) >= 11 is 4.78. The fraction of sp³-hybridized carbons (Fsp3) is 0.500. The van der Waals surface area contributed by atoms with Crippen molar-refractivity contribution in [2.75, 3.05) is 4.90 Å². The third-order valence-electron chi connectivity index (χ3n) is 1.92. The molecule has 0 unspecified atom stereocenters. The molecule has 0 spiro atoms. The molecule has 1 heterocycles. The zero-order valence-corrected chi connectivity index (χ0v) is 9.56. The van der Waals surface area contributed by atoms with Crippen LogP contribution in [0.2, 0.25) is 0 Å². The SMILES string of the molecule is CC(=O)N(c1nc(Br)cs1)C1CC1. The van der Waals surface area contributed by atoms with Crippen LogP contribution in [0.5, 0.6) is 0 Å². The van der Waals surface area contributed by atoms with Crippen LogP contribution in [-0.4, -0.2) is 16.9 Å². The lowest BCUT2D eigenvalue weighted by Crippen LogP contribution is -2.30. The van der Waals surface area contributed by atoms with E-state index >= 15 is 0 Å². The molecule has 1 fully saturated rings. The van der Waals surface area contributed by atoms with Crippen molar-refractivity contribution >= 4 is 38.3 Å². The molecule has 3 nitrogen and oxygen atoms in total. The van der Waals surface area contributed by atoms with Crippen LogP contribution in [-0.2, 0) is 4.79 Å². The van der Waals surface area contributed by atoms with Gasteiger partial charge in [-0.25, -0.2) is 4.98 Å². The Labute approximate surface area is 88.9 Å². The quantitative estimate of drug-likeness (QED) is 0.819. The Morgan fingerprint density at radius 2 is 2.46 bits per heavy atom. The van der Waals surface area contributed by atoms with Gasteiger partial charge in [0.15, 0.2) is 5.13 Å². The van der Waals surface area contributed by atoms with E-state index in [0.717, 1.165) is 22.6 Å². The normalized spacial score (nSPS) is 15.8. The molecule has 13 heavy (non-hydrogen) atoms. The number of aromatic nitrogens is 1. The lowest BCUT2D eigenvalue weighted by atomic mass is 10.5. The molecule has 0 atom stereocenters. The van der Waals surface area contributed by atoms with E-state index in [2.05, 4.69) is 20.9 Å². The van der Waals surface area contributed by atoms with Crippen molar-refractivity contribution in [1.82, 2.24) is 4.98 Å². The van der Waals surface area contributed by atoms with Gasteiger partial charge in [-0.15, -0.1) is 11.3 Å². The third-order valence-corrected chi connectivity index (χ3v) is 3.47. The van der Waals surface area contributed by atoms with Crippen LogP contribution in [0.1, 0.15) is 19.8 Å². The summed E-state index contributed by atoms with van der Waals surface area (Å²) in [6.45, 7) is 1.59. The number of halogens is 1. The molecule has 0 aromatic carbocycles. The Balaban J connectivity index is 2.24. The maximum atomic E-state index is 11.3. The highest BCUT2D eigenvalue weighted by Crippen LogP contribution is 2.34. The van der Waals surface area contributed by atoms with Crippen molar-refractivity contribution < 1.29 is 4.79 Å². The number of nitrogens with zero attached hydrogens (tertiary/aromatic N) is 2. The molecule has 1 saturated carbocycles. The van der Waals surface area contributed by atoms with Gasteiger partial charge in [0, 0.05) is 18.3 Å². The summed E-state index contributed by atoms with van der Waals surface area (Å²) in [5, 5.41) is 2.70. The molecule has 0 bridgehead atoms. The van der Waals surface area contributed by atoms with Gasteiger partial charge in [-0.05, 0) is 28.8 Å². The van der Waals surface area contributed by atoms with Gasteiger partial charge in [0.25, 0.3) is 0 Å². The molecule has 0 saturated heterocycles. The molecule has 0 radical (unpaired) electrons. The minimum absolute atomic E-state index is 0.0874. The fourth-order valence-corrected chi connectivity index (χ4v) is 2.60. The summed E-state index contributed by atoms with van der Waals surface area (Å²) < 4.78 is 0.805. The maximum absolute atomic E-state index is 11.3. The predicted octanol–water partition coefficient (Wildman–Crippen LogP) is 2.42. The van der Waals surface area contributed by atoms with Gasteiger partial charge < -0.3 is 0 Å². The third kappa shape index (κ3) is 1.91. The Morgan fingerprint density at radius 1 is 1.77 bits per heavy atom. The van der Waals surface area contributed by atoms with Gasteiger partial charge in [-0.1, -0.05) is 0 Å². The van der Waals surface area contributed by atoms with Crippen LogP contribution in [0.25, 0.3) is 0 Å². The molecule has 1 aliphatic rings. The van der Waals surface area contributed by atoms with Crippen LogP contribution in [0.15, 0.2) is 9.98 Å². The van der Waals surface area contributed by atoms with Gasteiger partial charge in [-0.2, -0.15) is 0 Å². The first-order chi connectivity index (χ1) is 6.18. The van der Waals surface area contributed by atoms with Gasteiger partial charge in [0.2, 0.25) is 5.91 Å². The van der Waals surface area contributed by atoms with E-state index in [-0.39, 0.29) is 5.91 Å². The second kappa shape index (κ2) is 3.38. The first-order valence-corrected chi connectivity index (χ1v) is 5.76. The largest absolute Gasteiger partial charge is 0.285 e. The summed E-state index contributed by atoms with van der Waals surface area (Å²) in [7, 11) is 0. The van der Waals surface area contributed by atoms with E-state index < -0.39 is 0 Å². The van der Waals surface area contributed by atoms with Crippen molar-refractivity contribution in [3.05, 3.63) is 9.98 Å². The number of rotatable bonds is 2. The number of anilines is 1. The van der Waals surface area contributed by atoms with Crippen LogP contribution < -0.4 is 4.90 Å². The number of hydrogen-bond acceptors (Lipinski definition) is 3. The molecule has 1 aromatic rings. The molecule has 0 N–H and O–H groups in total. The van der Waals surface area contributed by atoms with Crippen molar-refractivity contribution in [2.45, 2.75) is 25.8 Å². The minimum Gasteiger partial charge on any atom is -0.285 e. The van der Waals surface area contributed by atoms with E-state index in [9.17, 15) is 4.79 Å². The topological polar surface area (TPSA) is 33.2 Å². The number of carbonyl (C=O) groups is 1. The van der Waals surface area contributed by atoms with Crippen molar-refractivity contribution in [3.63, 3.8) is 0 Å². The monoisotopic (exact) mass is 260 g/mol. The number of hydrogen-bond donors (Lipinski definition) is 0. The van der Waals surface area contributed by atoms with Gasteiger partial charge in [0.1, 0.15) is 4.60 Å². The molecule has 5 heteroatoms. The summed E-state index contributed by atoms with van der Waals surface area (Å²) in [6, 6.07) is 0.399. The van der Waals surface area contributed by atoms with E-state index in [1.165, 1.54) is 11.3 Å². The van der Waals surface area contributed by atoms with Crippen LogP contribution in [0.4, 0.5) is 5.13 Å². The van der Waals surface area contributed by atoms with E-state index in [0.29, 0.717) is 6.04 Å². The Kier molecular flexibility index (Phi) is 2.38. The zero-order valence-electron chi connectivity index (χ0n) is 7.16. The summed E-state index contributed by atoms with van der Waals surface area (Å²) in [5.74, 6) is 0.0874. The van der Waals surface area contributed by atoms with E-state index in [1.54, 1.807) is 11.8 Å². The van der Waals surface area contributed by atoms with Crippen molar-refractivity contribution in [3.8, 4) is 0 Å². The molecular weight excluding hydrogens is 252 g/mol. The minimum atomic E-state index is 0.0874. The van der Waals surface area contributed by atoms with Crippen LogP contribution >= 0.6 is 27.3 Å². The molecule has 2 rings (SSSR count). The predicted molar refractivity (Wildman–Crippen MR) is 56.0 cm³/mol. The van der Waals surface area contributed by atoms with Crippen molar-refractivity contribution in [2.24, 2.45) is 0 Å². The molecular formula is C8H9BrN2OS. The van der Waals surface area contributed by atoms with Gasteiger partial charge in [0.05, 0.1) is 0 Å². The standard InChI is InChI=1S/C8H9BrN2OS/c1-5(12)11(6-2-3-6)8-10-7(9)4-13-8/h4,6H,2-3H2,1H3. The van der Waals surface area contributed by atoms with Gasteiger partial charge in [-0.3, -0.25) is 9.69 Å². The first-order valence-electron chi connectivity index (χ1n) is 4.09. The Bertz CT molecular complexity index is 335. The summed E-state index contributed by atoms with van der Waals surface area (Å²) in [5.41, 5.74) is 0. The lowest BCUT2D eigenvalue weighted by molar-refractivity contribution is -0.116. The number of carbonyl (C=O) groups excluding carboxylic acids is 1. The van der Waals surface area contributed by atoms with E-state index in [4.69, 9.17) is 0 Å². The maximum Gasteiger partial charge on any atom is 0.225 e. The van der Waals surface area contributed by atoms with E-state index in [1.807, 2.05) is 5.38 Å². The van der Waals surface area contributed by atoms with Gasteiger partial charge >= 0.3 is 0 Å².